The predicted octanol–water partition coefficient (Wildman–Crippen LogP) is 3.00. The summed E-state index contributed by atoms with van der Waals surface area (Å²) in [6.07, 6.45) is 5.55. The smallest absolute Gasteiger partial charge is 0.125 e. The Morgan fingerprint density at radius 1 is 1.43 bits per heavy atom. The first kappa shape index (κ1) is 16.0. The largest absolute Gasteiger partial charge is 0.493 e. The Kier molecular flexibility index (Phi) is 5.42. The SMILES string of the molecule is Cc1cc(Br)cc(CC(C)N)c1OCCc1cnn(C)c1. The number of hydrogen-bond donors (Lipinski definition) is 1. The Balaban J connectivity index is 2.07. The van der Waals surface area contributed by atoms with E-state index in [0.29, 0.717) is 6.61 Å². The molecule has 0 saturated carbocycles. The summed E-state index contributed by atoms with van der Waals surface area (Å²) in [6.45, 7) is 4.71. The third kappa shape index (κ3) is 4.58. The van der Waals surface area contributed by atoms with Gasteiger partial charge in [-0.25, -0.2) is 0 Å². The highest BCUT2D eigenvalue weighted by atomic mass is 79.9. The van der Waals surface area contributed by atoms with Crippen LogP contribution < -0.4 is 10.5 Å². The molecular weight excluding hydrogens is 330 g/mol. The van der Waals surface area contributed by atoms with Gasteiger partial charge in [0, 0.05) is 30.2 Å². The van der Waals surface area contributed by atoms with E-state index in [4.69, 9.17) is 10.5 Å². The van der Waals surface area contributed by atoms with Crippen LogP contribution in [0.15, 0.2) is 29.0 Å². The van der Waals surface area contributed by atoms with Crippen LogP contribution in [0.4, 0.5) is 0 Å². The maximum Gasteiger partial charge on any atom is 0.125 e. The minimum Gasteiger partial charge on any atom is -0.493 e. The molecule has 21 heavy (non-hydrogen) atoms. The third-order valence-corrected chi connectivity index (χ3v) is 3.71. The van der Waals surface area contributed by atoms with E-state index in [-0.39, 0.29) is 6.04 Å². The summed E-state index contributed by atoms with van der Waals surface area (Å²) in [5.74, 6) is 0.958. The van der Waals surface area contributed by atoms with Gasteiger partial charge in [-0.15, -0.1) is 0 Å². The molecule has 0 aliphatic carbocycles. The van der Waals surface area contributed by atoms with Gasteiger partial charge in [-0.3, -0.25) is 4.68 Å². The van der Waals surface area contributed by atoms with Crippen molar-refractivity contribution in [2.75, 3.05) is 6.61 Å². The van der Waals surface area contributed by atoms with E-state index >= 15 is 0 Å². The van der Waals surface area contributed by atoms with Crippen LogP contribution in [0.5, 0.6) is 5.75 Å². The monoisotopic (exact) mass is 351 g/mol. The van der Waals surface area contributed by atoms with E-state index < -0.39 is 0 Å². The summed E-state index contributed by atoms with van der Waals surface area (Å²) >= 11 is 3.54. The first-order valence-electron chi connectivity index (χ1n) is 7.10. The normalized spacial score (nSPS) is 12.4. The zero-order valence-electron chi connectivity index (χ0n) is 12.8. The van der Waals surface area contributed by atoms with Gasteiger partial charge in [0.05, 0.1) is 12.8 Å². The molecule has 2 aromatic rings. The fourth-order valence-electron chi connectivity index (χ4n) is 2.38. The highest BCUT2D eigenvalue weighted by Gasteiger charge is 2.11. The number of benzene rings is 1. The van der Waals surface area contributed by atoms with Crippen LogP contribution in [0.25, 0.3) is 0 Å². The molecule has 1 aromatic carbocycles. The van der Waals surface area contributed by atoms with Gasteiger partial charge in [-0.2, -0.15) is 5.10 Å². The van der Waals surface area contributed by atoms with Crippen molar-refractivity contribution in [1.29, 1.82) is 0 Å². The zero-order chi connectivity index (χ0) is 15.4. The molecule has 5 heteroatoms. The number of nitrogens with zero attached hydrogens (tertiary/aromatic N) is 2. The number of ether oxygens (including phenoxy) is 1. The van der Waals surface area contributed by atoms with Crippen LogP contribution in [0, 0.1) is 6.92 Å². The fraction of sp³-hybridized carbons (Fsp3) is 0.438. The van der Waals surface area contributed by atoms with Gasteiger partial charge in [0.2, 0.25) is 0 Å². The molecule has 0 saturated heterocycles. The second-order valence-corrected chi connectivity index (χ2v) is 6.43. The lowest BCUT2D eigenvalue weighted by atomic mass is 10.0. The second-order valence-electron chi connectivity index (χ2n) is 5.51. The molecule has 1 aromatic heterocycles. The summed E-state index contributed by atoms with van der Waals surface area (Å²) in [7, 11) is 1.92. The van der Waals surface area contributed by atoms with E-state index in [1.54, 1.807) is 0 Å². The summed E-state index contributed by atoms with van der Waals surface area (Å²) in [4.78, 5) is 0. The Hall–Kier alpha value is -1.33. The van der Waals surface area contributed by atoms with E-state index in [1.165, 1.54) is 5.56 Å². The molecule has 0 bridgehead atoms. The third-order valence-electron chi connectivity index (χ3n) is 3.25. The number of halogens is 1. The molecule has 1 atom stereocenters. The Bertz CT molecular complexity index is 608. The number of nitrogens with two attached hydrogens (primary N) is 1. The van der Waals surface area contributed by atoms with Crippen LogP contribution in [0.3, 0.4) is 0 Å². The standard InChI is InChI=1S/C16H22BrN3O/c1-11-6-15(17)8-14(7-12(2)18)16(11)21-5-4-13-9-19-20(3)10-13/h6,8-10,12H,4-5,7,18H2,1-3H3. The van der Waals surface area contributed by atoms with Crippen molar-refractivity contribution in [1.82, 2.24) is 9.78 Å². The minimum atomic E-state index is 0.111. The maximum atomic E-state index is 6.02. The molecule has 0 fully saturated rings. The van der Waals surface area contributed by atoms with E-state index in [9.17, 15) is 0 Å². The number of aromatic nitrogens is 2. The topological polar surface area (TPSA) is 53.1 Å². The Labute approximate surface area is 134 Å². The van der Waals surface area contributed by atoms with Crippen molar-refractivity contribution >= 4 is 15.9 Å². The quantitative estimate of drug-likeness (QED) is 0.870. The van der Waals surface area contributed by atoms with Crippen LogP contribution in [0.2, 0.25) is 0 Å². The zero-order valence-corrected chi connectivity index (χ0v) is 14.4. The molecule has 4 nitrogen and oxygen atoms in total. The van der Waals surface area contributed by atoms with Crippen molar-refractivity contribution in [3.8, 4) is 5.75 Å². The van der Waals surface area contributed by atoms with Crippen molar-refractivity contribution in [2.45, 2.75) is 32.7 Å². The molecule has 0 aliphatic rings. The minimum absolute atomic E-state index is 0.111. The van der Waals surface area contributed by atoms with Gasteiger partial charge >= 0.3 is 0 Å². The van der Waals surface area contributed by atoms with Gasteiger partial charge in [-0.05, 0) is 49.1 Å². The first-order valence-corrected chi connectivity index (χ1v) is 7.90. The highest BCUT2D eigenvalue weighted by Crippen LogP contribution is 2.29. The maximum absolute atomic E-state index is 6.02. The predicted molar refractivity (Wildman–Crippen MR) is 88.6 cm³/mol. The molecule has 1 heterocycles. The summed E-state index contributed by atoms with van der Waals surface area (Å²) < 4.78 is 8.90. The molecule has 0 spiro atoms. The van der Waals surface area contributed by atoms with E-state index in [2.05, 4.69) is 40.1 Å². The van der Waals surface area contributed by atoms with E-state index in [0.717, 1.165) is 34.2 Å². The van der Waals surface area contributed by atoms with Crippen LogP contribution in [-0.2, 0) is 19.9 Å². The molecule has 2 rings (SSSR count). The lowest BCUT2D eigenvalue weighted by Gasteiger charge is -2.16. The Morgan fingerprint density at radius 2 is 2.19 bits per heavy atom. The highest BCUT2D eigenvalue weighted by molar-refractivity contribution is 9.10. The summed E-state index contributed by atoms with van der Waals surface area (Å²) in [6, 6.07) is 4.28. The molecule has 2 N–H and O–H groups in total. The lowest BCUT2D eigenvalue weighted by molar-refractivity contribution is 0.315. The average molecular weight is 352 g/mol. The summed E-state index contributed by atoms with van der Waals surface area (Å²) in [5, 5.41) is 4.17. The molecule has 0 aliphatic heterocycles. The lowest BCUT2D eigenvalue weighted by Crippen LogP contribution is -2.18. The number of hydrogen-bond acceptors (Lipinski definition) is 3. The molecule has 1 unspecified atom stereocenters. The summed E-state index contributed by atoms with van der Waals surface area (Å²) in [5.41, 5.74) is 9.40. The van der Waals surface area contributed by atoms with Crippen LogP contribution in [-0.4, -0.2) is 22.4 Å². The first-order chi connectivity index (χ1) is 9.95. The van der Waals surface area contributed by atoms with Crippen LogP contribution >= 0.6 is 15.9 Å². The van der Waals surface area contributed by atoms with Gasteiger partial charge in [-0.1, -0.05) is 15.9 Å². The molecule has 114 valence electrons. The van der Waals surface area contributed by atoms with Gasteiger partial charge in [0.1, 0.15) is 5.75 Å². The Morgan fingerprint density at radius 3 is 2.81 bits per heavy atom. The molecule has 0 amide bonds. The molecule has 0 radical (unpaired) electrons. The molecular formula is C16H22BrN3O. The number of rotatable bonds is 6. The van der Waals surface area contributed by atoms with Crippen molar-refractivity contribution in [3.05, 3.63) is 45.7 Å². The van der Waals surface area contributed by atoms with Crippen molar-refractivity contribution < 1.29 is 4.74 Å². The fourth-order valence-corrected chi connectivity index (χ4v) is 3.00. The van der Waals surface area contributed by atoms with Crippen molar-refractivity contribution in [3.63, 3.8) is 0 Å². The van der Waals surface area contributed by atoms with Gasteiger partial charge < -0.3 is 10.5 Å². The van der Waals surface area contributed by atoms with Crippen LogP contribution in [0.1, 0.15) is 23.6 Å². The van der Waals surface area contributed by atoms with Crippen molar-refractivity contribution in [2.24, 2.45) is 12.8 Å². The van der Waals surface area contributed by atoms with Gasteiger partial charge in [0.15, 0.2) is 0 Å². The van der Waals surface area contributed by atoms with Gasteiger partial charge in [0.25, 0.3) is 0 Å². The second kappa shape index (κ2) is 7.09. The number of aryl methyl sites for hydroxylation is 2. The average Bonchev–Trinajstić information content (AvgIpc) is 2.77. The van der Waals surface area contributed by atoms with E-state index in [1.807, 2.05) is 31.0 Å².